The SMILES string of the molecule is O=C(NC(=S)Nc1ccc2c(c1)OCCO2)c1cccc2c(Cl)cccc12. The quantitative estimate of drug-likeness (QED) is 0.627. The third-order valence-corrected chi connectivity index (χ3v) is 4.67. The van der Waals surface area contributed by atoms with Gasteiger partial charge >= 0.3 is 0 Å². The second-order valence-corrected chi connectivity index (χ2v) is 6.72. The molecule has 7 heteroatoms. The Morgan fingerprint density at radius 3 is 2.56 bits per heavy atom. The lowest BCUT2D eigenvalue weighted by molar-refractivity contribution is 0.0979. The molecule has 0 spiro atoms. The van der Waals surface area contributed by atoms with Crippen LogP contribution in [0.25, 0.3) is 10.8 Å². The van der Waals surface area contributed by atoms with E-state index in [0.29, 0.717) is 41.0 Å². The normalized spacial score (nSPS) is 12.5. The maximum atomic E-state index is 12.7. The lowest BCUT2D eigenvalue weighted by Crippen LogP contribution is -2.34. The number of hydrogen-bond donors (Lipinski definition) is 2. The van der Waals surface area contributed by atoms with E-state index in [1.54, 1.807) is 30.3 Å². The van der Waals surface area contributed by atoms with Gasteiger partial charge in [0, 0.05) is 27.7 Å². The lowest BCUT2D eigenvalue weighted by Gasteiger charge is -2.19. The van der Waals surface area contributed by atoms with Gasteiger partial charge in [-0.05, 0) is 41.9 Å². The summed E-state index contributed by atoms with van der Waals surface area (Å²) in [5.41, 5.74) is 1.20. The summed E-state index contributed by atoms with van der Waals surface area (Å²) < 4.78 is 11.0. The van der Waals surface area contributed by atoms with Gasteiger partial charge in [-0.1, -0.05) is 35.9 Å². The van der Waals surface area contributed by atoms with Crippen LogP contribution in [-0.4, -0.2) is 24.2 Å². The second kappa shape index (κ2) is 7.42. The first-order valence-corrected chi connectivity index (χ1v) is 9.10. The predicted octanol–water partition coefficient (Wildman–Crippen LogP) is 4.39. The maximum absolute atomic E-state index is 12.7. The molecule has 0 atom stereocenters. The van der Waals surface area contributed by atoms with Crippen molar-refractivity contribution in [1.82, 2.24) is 5.32 Å². The van der Waals surface area contributed by atoms with Gasteiger partial charge in [-0.25, -0.2) is 0 Å². The average Bonchev–Trinajstić information content (AvgIpc) is 2.67. The van der Waals surface area contributed by atoms with Crippen molar-refractivity contribution in [2.75, 3.05) is 18.5 Å². The van der Waals surface area contributed by atoms with Gasteiger partial charge in [0.15, 0.2) is 16.6 Å². The van der Waals surface area contributed by atoms with Crippen LogP contribution < -0.4 is 20.1 Å². The van der Waals surface area contributed by atoms with E-state index < -0.39 is 0 Å². The smallest absolute Gasteiger partial charge is 0.258 e. The number of rotatable bonds is 2. The summed E-state index contributed by atoms with van der Waals surface area (Å²) in [7, 11) is 0. The molecule has 0 saturated heterocycles. The van der Waals surface area contributed by atoms with Gasteiger partial charge in [0.25, 0.3) is 5.91 Å². The van der Waals surface area contributed by atoms with Crippen LogP contribution in [0, 0.1) is 0 Å². The molecule has 0 aliphatic carbocycles. The van der Waals surface area contributed by atoms with Gasteiger partial charge in [0.05, 0.1) is 0 Å². The zero-order chi connectivity index (χ0) is 18.8. The third kappa shape index (κ3) is 3.67. The number of carbonyl (C=O) groups excluding carboxylic acids is 1. The van der Waals surface area contributed by atoms with Crippen LogP contribution in [0.15, 0.2) is 54.6 Å². The molecule has 136 valence electrons. The predicted molar refractivity (Wildman–Crippen MR) is 110 cm³/mol. The van der Waals surface area contributed by atoms with Crippen LogP contribution in [0.5, 0.6) is 11.5 Å². The van der Waals surface area contributed by atoms with Crippen molar-refractivity contribution < 1.29 is 14.3 Å². The van der Waals surface area contributed by atoms with E-state index in [1.807, 2.05) is 24.3 Å². The molecule has 5 nitrogen and oxygen atoms in total. The number of thiocarbonyl (C=S) groups is 1. The Bertz CT molecular complexity index is 1050. The topological polar surface area (TPSA) is 59.6 Å². The number of anilines is 1. The van der Waals surface area contributed by atoms with Gasteiger partial charge in [0.2, 0.25) is 0 Å². The molecular formula is C20H15ClN2O3S. The summed E-state index contributed by atoms with van der Waals surface area (Å²) in [6.45, 7) is 1.03. The van der Waals surface area contributed by atoms with E-state index in [2.05, 4.69) is 10.6 Å². The first-order valence-electron chi connectivity index (χ1n) is 8.31. The Kier molecular flexibility index (Phi) is 4.83. The number of nitrogens with one attached hydrogen (secondary N) is 2. The highest BCUT2D eigenvalue weighted by Crippen LogP contribution is 2.32. The molecule has 1 aliphatic heterocycles. The van der Waals surface area contributed by atoms with Crippen LogP contribution in [-0.2, 0) is 0 Å². The molecule has 4 rings (SSSR count). The third-order valence-electron chi connectivity index (χ3n) is 4.14. The number of benzene rings is 3. The van der Waals surface area contributed by atoms with Crippen LogP contribution in [0.4, 0.5) is 5.69 Å². The summed E-state index contributed by atoms with van der Waals surface area (Å²) >= 11 is 11.5. The number of fused-ring (bicyclic) bond motifs is 2. The number of ether oxygens (including phenoxy) is 2. The van der Waals surface area contributed by atoms with Crippen LogP contribution in [0.1, 0.15) is 10.4 Å². The number of amides is 1. The highest BCUT2D eigenvalue weighted by molar-refractivity contribution is 7.80. The molecule has 3 aromatic rings. The first-order chi connectivity index (χ1) is 13.1. The fourth-order valence-corrected chi connectivity index (χ4v) is 3.37. The largest absolute Gasteiger partial charge is 0.486 e. The van der Waals surface area contributed by atoms with Crippen LogP contribution in [0.2, 0.25) is 5.02 Å². The van der Waals surface area contributed by atoms with E-state index in [0.717, 1.165) is 10.8 Å². The zero-order valence-corrected chi connectivity index (χ0v) is 15.7. The summed E-state index contributed by atoms with van der Waals surface area (Å²) in [5, 5.41) is 8.06. The summed E-state index contributed by atoms with van der Waals surface area (Å²) in [6.07, 6.45) is 0. The molecule has 1 heterocycles. The van der Waals surface area contributed by atoms with Crippen LogP contribution >= 0.6 is 23.8 Å². The van der Waals surface area contributed by atoms with Gasteiger partial charge in [-0.2, -0.15) is 0 Å². The van der Waals surface area contributed by atoms with Crippen molar-refractivity contribution in [3.63, 3.8) is 0 Å². The van der Waals surface area contributed by atoms with Gasteiger partial charge in [-0.3, -0.25) is 10.1 Å². The van der Waals surface area contributed by atoms with Crippen molar-refractivity contribution in [2.45, 2.75) is 0 Å². The zero-order valence-electron chi connectivity index (χ0n) is 14.1. The van der Waals surface area contributed by atoms with E-state index in [9.17, 15) is 4.79 Å². The molecule has 0 fully saturated rings. The van der Waals surface area contributed by atoms with E-state index in [-0.39, 0.29) is 11.0 Å². The van der Waals surface area contributed by atoms with Crippen molar-refractivity contribution >= 4 is 51.3 Å². The second-order valence-electron chi connectivity index (χ2n) is 5.91. The molecular weight excluding hydrogens is 384 g/mol. The van der Waals surface area contributed by atoms with Crippen molar-refractivity contribution in [3.8, 4) is 11.5 Å². The molecule has 0 bridgehead atoms. The molecule has 1 aliphatic rings. The fourth-order valence-electron chi connectivity index (χ4n) is 2.92. The van der Waals surface area contributed by atoms with Crippen molar-refractivity contribution in [3.05, 3.63) is 65.2 Å². The Morgan fingerprint density at radius 2 is 1.70 bits per heavy atom. The lowest BCUT2D eigenvalue weighted by atomic mass is 10.0. The Labute approximate surface area is 166 Å². The minimum absolute atomic E-state index is 0.190. The number of carbonyl (C=O) groups is 1. The molecule has 1 amide bonds. The molecule has 3 aromatic carbocycles. The summed E-state index contributed by atoms with van der Waals surface area (Å²) in [5.74, 6) is 1.02. The standard InChI is InChI=1S/C20H15ClN2O3S/c21-16-6-2-3-13-14(16)4-1-5-15(13)19(24)23-20(27)22-12-7-8-17-18(11-12)26-10-9-25-17/h1-8,11H,9-10H2,(H2,22,23,24,27). The van der Waals surface area contributed by atoms with Gasteiger partial charge < -0.3 is 14.8 Å². The molecule has 0 unspecified atom stereocenters. The maximum Gasteiger partial charge on any atom is 0.258 e. The Balaban J connectivity index is 1.50. The molecule has 0 radical (unpaired) electrons. The molecule has 2 N–H and O–H groups in total. The average molecular weight is 399 g/mol. The number of hydrogen-bond acceptors (Lipinski definition) is 4. The van der Waals surface area contributed by atoms with Crippen molar-refractivity contribution in [1.29, 1.82) is 0 Å². The molecule has 0 saturated carbocycles. The minimum Gasteiger partial charge on any atom is -0.486 e. The van der Waals surface area contributed by atoms with E-state index >= 15 is 0 Å². The van der Waals surface area contributed by atoms with Gasteiger partial charge in [-0.15, -0.1) is 0 Å². The summed E-state index contributed by atoms with van der Waals surface area (Å²) in [6, 6.07) is 16.3. The summed E-state index contributed by atoms with van der Waals surface area (Å²) in [4.78, 5) is 12.7. The monoisotopic (exact) mass is 398 g/mol. The molecule has 27 heavy (non-hydrogen) atoms. The van der Waals surface area contributed by atoms with Crippen LogP contribution in [0.3, 0.4) is 0 Å². The van der Waals surface area contributed by atoms with E-state index in [4.69, 9.17) is 33.3 Å². The fraction of sp³-hybridized carbons (Fsp3) is 0.100. The molecule has 0 aromatic heterocycles. The first kappa shape index (κ1) is 17.6. The van der Waals surface area contributed by atoms with E-state index in [1.165, 1.54) is 0 Å². The highest BCUT2D eigenvalue weighted by Gasteiger charge is 2.15. The Hall–Kier alpha value is -2.83. The van der Waals surface area contributed by atoms with Crippen molar-refractivity contribution in [2.24, 2.45) is 0 Å². The van der Waals surface area contributed by atoms with Gasteiger partial charge in [0.1, 0.15) is 13.2 Å². The number of halogens is 1. The minimum atomic E-state index is -0.307. The Morgan fingerprint density at radius 1 is 0.963 bits per heavy atom. The highest BCUT2D eigenvalue weighted by atomic mass is 35.5.